The van der Waals surface area contributed by atoms with Gasteiger partial charge in [0.15, 0.2) is 0 Å². The number of aliphatic hydroxyl groups is 3. The second-order valence-electron chi connectivity index (χ2n) is 5.56. The quantitative estimate of drug-likeness (QED) is 0.469. The molecular weight excluding hydrogens is 300 g/mol. The van der Waals surface area contributed by atoms with Crippen LogP contribution in [0.5, 0.6) is 5.75 Å². The molecule has 0 bridgehead atoms. The van der Waals surface area contributed by atoms with Crippen LogP contribution in [0.3, 0.4) is 0 Å². The number of rotatable bonds is 9. The molecule has 0 saturated heterocycles. The Balaban J connectivity index is 0.000000515. The summed E-state index contributed by atoms with van der Waals surface area (Å²) in [7, 11) is 0. The van der Waals surface area contributed by atoms with Crippen molar-refractivity contribution in [2.75, 3.05) is 26.4 Å². The molecule has 6 heteroatoms. The molecule has 0 aliphatic carbocycles. The first kappa shape index (κ1) is 21.2. The highest BCUT2D eigenvalue weighted by Crippen LogP contribution is 2.15. The van der Waals surface area contributed by atoms with Crippen LogP contribution in [-0.4, -0.2) is 54.3 Å². The molecule has 1 aromatic rings. The van der Waals surface area contributed by atoms with Crippen molar-refractivity contribution < 1.29 is 29.6 Å². The summed E-state index contributed by atoms with van der Waals surface area (Å²) in [5.74, 6) is 0.579. The summed E-state index contributed by atoms with van der Waals surface area (Å²) in [6, 6.07) is 4.80. The molecule has 0 fully saturated rings. The molecule has 0 aliphatic heterocycles. The number of carbonyl (C=O) groups excluding carboxylic acids is 2. The standard InChI is InChI=1S/C12H14O3.C5H12O3/c1-2-3-4-15-12-6-10(8-13)5-11(7-12)9-14;1-5(2-6,3-7)4-8/h5-9H,2-4H2,1H3;6-8H,2-4H2,1H3. The van der Waals surface area contributed by atoms with Crippen molar-refractivity contribution in [2.24, 2.45) is 5.41 Å². The van der Waals surface area contributed by atoms with E-state index in [2.05, 4.69) is 6.92 Å². The van der Waals surface area contributed by atoms with E-state index in [0.29, 0.717) is 36.1 Å². The molecule has 0 spiro atoms. The van der Waals surface area contributed by atoms with Gasteiger partial charge in [-0.2, -0.15) is 0 Å². The maximum absolute atomic E-state index is 10.6. The maximum atomic E-state index is 10.6. The second kappa shape index (κ2) is 11.8. The van der Waals surface area contributed by atoms with E-state index in [1.165, 1.54) is 6.07 Å². The van der Waals surface area contributed by atoms with Gasteiger partial charge in [-0.3, -0.25) is 9.59 Å². The molecule has 0 saturated carbocycles. The van der Waals surface area contributed by atoms with E-state index >= 15 is 0 Å². The van der Waals surface area contributed by atoms with Crippen molar-refractivity contribution in [1.82, 2.24) is 0 Å². The summed E-state index contributed by atoms with van der Waals surface area (Å²) in [6.45, 7) is 3.74. The highest BCUT2D eigenvalue weighted by molar-refractivity contribution is 5.83. The van der Waals surface area contributed by atoms with Gasteiger partial charge in [0.25, 0.3) is 0 Å². The molecule has 0 unspecified atom stereocenters. The van der Waals surface area contributed by atoms with Crippen LogP contribution in [0.25, 0.3) is 0 Å². The van der Waals surface area contributed by atoms with Crippen LogP contribution in [-0.2, 0) is 0 Å². The van der Waals surface area contributed by atoms with E-state index in [1.54, 1.807) is 19.1 Å². The lowest BCUT2D eigenvalue weighted by atomic mass is 9.95. The lowest BCUT2D eigenvalue weighted by Gasteiger charge is -2.20. The molecule has 1 rings (SSSR count). The third-order valence-electron chi connectivity index (χ3n) is 3.14. The molecule has 3 N–H and O–H groups in total. The summed E-state index contributed by atoms with van der Waals surface area (Å²) in [4.78, 5) is 21.2. The van der Waals surface area contributed by atoms with Crippen molar-refractivity contribution in [3.8, 4) is 5.75 Å². The highest BCUT2D eigenvalue weighted by Gasteiger charge is 2.20. The van der Waals surface area contributed by atoms with E-state index in [1.807, 2.05) is 0 Å². The molecule has 0 amide bonds. The molecule has 0 atom stereocenters. The van der Waals surface area contributed by atoms with Gasteiger partial charge < -0.3 is 20.1 Å². The first-order valence-corrected chi connectivity index (χ1v) is 7.49. The Kier molecular flexibility index (Phi) is 10.9. The third-order valence-corrected chi connectivity index (χ3v) is 3.14. The Morgan fingerprint density at radius 3 is 1.78 bits per heavy atom. The normalized spacial score (nSPS) is 10.5. The van der Waals surface area contributed by atoms with Crippen molar-refractivity contribution >= 4 is 12.6 Å². The zero-order valence-corrected chi connectivity index (χ0v) is 13.7. The van der Waals surface area contributed by atoms with E-state index < -0.39 is 5.41 Å². The lowest BCUT2D eigenvalue weighted by Crippen LogP contribution is -2.29. The minimum Gasteiger partial charge on any atom is -0.494 e. The van der Waals surface area contributed by atoms with Crippen LogP contribution in [0.2, 0.25) is 0 Å². The summed E-state index contributed by atoms with van der Waals surface area (Å²) >= 11 is 0. The number of hydrogen-bond acceptors (Lipinski definition) is 6. The minimum atomic E-state index is -0.708. The van der Waals surface area contributed by atoms with Crippen molar-refractivity contribution in [3.63, 3.8) is 0 Å². The summed E-state index contributed by atoms with van der Waals surface area (Å²) in [5, 5.41) is 25.4. The lowest BCUT2D eigenvalue weighted by molar-refractivity contribution is 0.0200. The highest BCUT2D eigenvalue weighted by atomic mass is 16.5. The van der Waals surface area contributed by atoms with E-state index in [0.717, 1.165) is 12.8 Å². The Morgan fingerprint density at radius 1 is 1.00 bits per heavy atom. The van der Waals surface area contributed by atoms with Gasteiger partial charge in [0.2, 0.25) is 0 Å². The van der Waals surface area contributed by atoms with Gasteiger partial charge in [0, 0.05) is 16.5 Å². The fourth-order valence-corrected chi connectivity index (χ4v) is 1.35. The first-order valence-electron chi connectivity index (χ1n) is 7.49. The average molecular weight is 326 g/mol. The maximum Gasteiger partial charge on any atom is 0.150 e. The van der Waals surface area contributed by atoms with Crippen molar-refractivity contribution in [2.45, 2.75) is 26.7 Å². The van der Waals surface area contributed by atoms with Gasteiger partial charge in [0.05, 0.1) is 26.4 Å². The number of benzene rings is 1. The average Bonchev–Trinajstić information content (AvgIpc) is 2.61. The molecule has 1 aromatic carbocycles. The van der Waals surface area contributed by atoms with E-state index in [4.69, 9.17) is 20.1 Å². The molecule has 6 nitrogen and oxygen atoms in total. The van der Waals surface area contributed by atoms with Crippen LogP contribution in [0.1, 0.15) is 47.4 Å². The molecule has 0 aliphatic rings. The third kappa shape index (κ3) is 8.44. The van der Waals surface area contributed by atoms with Gasteiger partial charge in [-0.15, -0.1) is 0 Å². The molecule has 0 radical (unpaired) electrons. The number of carbonyl (C=O) groups is 2. The van der Waals surface area contributed by atoms with Crippen LogP contribution in [0, 0.1) is 5.41 Å². The SMILES string of the molecule is CC(CO)(CO)CO.CCCCOc1cc(C=O)cc(C=O)c1. The smallest absolute Gasteiger partial charge is 0.150 e. The van der Waals surface area contributed by atoms with Gasteiger partial charge >= 0.3 is 0 Å². The van der Waals surface area contributed by atoms with Crippen LogP contribution in [0.15, 0.2) is 18.2 Å². The number of unbranched alkanes of at least 4 members (excludes halogenated alkanes) is 1. The molecular formula is C17H26O6. The molecule has 23 heavy (non-hydrogen) atoms. The Hall–Kier alpha value is -1.76. The summed E-state index contributed by atoms with van der Waals surface area (Å²) < 4.78 is 5.41. The summed E-state index contributed by atoms with van der Waals surface area (Å²) in [6.07, 6.45) is 3.43. The number of hydrogen-bond donors (Lipinski definition) is 3. The zero-order valence-electron chi connectivity index (χ0n) is 13.7. The van der Waals surface area contributed by atoms with Crippen LogP contribution >= 0.6 is 0 Å². The molecule has 0 aromatic heterocycles. The van der Waals surface area contributed by atoms with Gasteiger partial charge in [0.1, 0.15) is 18.3 Å². The Morgan fingerprint density at radius 2 is 1.48 bits per heavy atom. The fraction of sp³-hybridized carbons (Fsp3) is 0.529. The molecule has 130 valence electrons. The zero-order chi connectivity index (χ0) is 17.7. The fourth-order valence-electron chi connectivity index (χ4n) is 1.35. The first-order chi connectivity index (χ1) is 11.0. The predicted molar refractivity (Wildman–Crippen MR) is 87.0 cm³/mol. The molecule has 0 heterocycles. The number of aliphatic hydroxyl groups excluding tert-OH is 3. The monoisotopic (exact) mass is 326 g/mol. The number of aldehydes is 2. The van der Waals surface area contributed by atoms with Crippen molar-refractivity contribution in [1.29, 1.82) is 0 Å². The van der Waals surface area contributed by atoms with Crippen LogP contribution in [0.4, 0.5) is 0 Å². The van der Waals surface area contributed by atoms with E-state index in [9.17, 15) is 9.59 Å². The Labute approximate surface area is 136 Å². The van der Waals surface area contributed by atoms with Crippen molar-refractivity contribution in [3.05, 3.63) is 29.3 Å². The Bertz CT molecular complexity index is 434. The minimum absolute atomic E-state index is 0.181. The topological polar surface area (TPSA) is 104 Å². The predicted octanol–water partition coefficient (Wildman–Crippen LogP) is 1.46. The van der Waals surface area contributed by atoms with E-state index in [-0.39, 0.29) is 19.8 Å². The largest absolute Gasteiger partial charge is 0.494 e. The van der Waals surface area contributed by atoms with Gasteiger partial charge in [-0.05, 0) is 24.6 Å². The van der Waals surface area contributed by atoms with Crippen LogP contribution < -0.4 is 4.74 Å². The summed E-state index contributed by atoms with van der Waals surface area (Å²) in [5.41, 5.74) is 0.220. The second-order valence-corrected chi connectivity index (χ2v) is 5.56. The number of ether oxygens (including phenoxy) is 1. The van der Waals surface area contributed by atoms with Gasteiger partial charge in [-0.1, -0.05) is 20.3 Å². The van der Waals surface area contributed by atoms with Gasteiger partial charge in [-0.25, -0.2) is 0 Å².